The number of nitrogens with one attached hydrogen (secondary N) is 3. The maximum Gasteiger partial charge on any atom is 0.253 e. The van der Waals surface area contributed by atoms with E-state index in [0.717, 1.165) is 22.2 Å². The molecule has 25 heavy (non-hydrogen) atoms. The van der Waals surface area contributed by atoms with Gasteiger partial charge in [-0.1, -0.05) is 18.2 Å². The van der Waals surface area contributed by atoms with Gasteiger partial charge in [0.1, 0.15) is 17.1 Å². The lowest BCUT2D eigenvalue weighted by molar-refractivity contribution is 0.474. The molecular weight excluding hydrogens is 318 g/mol. The number of phenols is 1. The summed E-state index contributed by atoms with van der Waals surface area (Å²) in [6.45, 7) is 0.337. The molecule has 3 aromatic carbocycles. The Kier molecular flexibility index (Phi) is 3.50. The normalized spacial score (nSPS) is 11.0. The Labute approximate surface area is 142 Å². The second kappa shape index (κ2) is 5.83. The zero-order chi connectivity index (χ0) is 17.4. The molecule has 0 amide bonds. The lowest BCUT2D eigenvalue weighted by Gasteiger charge is -2.15. The zero-order valence-corrected chi connectivity index (χ0v) is 13.2. The van der Waals surface area contributed by atoms with Crippen LogP contribution in [0.4, 0.5) is 17.1 Å². The van der Waals surface area contributed by atoms with Crippen LogP contribution in [-0.2, 0) is 6.54 Å². The zero-order valence-electron chi connectivity index (χ0n) is 13.2. The van der Waals surface area contributed by atoms with E-state index in [-0.39, 0.29) is 17.1 Å². The third-order valence-electron chi connectivity index (χ3n) is 4.11. The second-order valence-corrected chi connectivity index (χ2v) is 5.84. The molecule has 0 atom stereocenters. The van der Waals surface area contributed by atoms with E-state index in [0.29, 0.717) is 6.54 Å². The van der Waals surface area contributed by atoms with Gasteiger partial charge in [0, 0.05) is 23.9 Å². The van der Waals surface area contributed by atoms with Gasteiger partial charge in [0.2, 0.25) is 0 Å². The number of hydrogen-bond acceptors (Lipinski definition) is 5. The van der Waals surface area contributed by atoms with Gasteiger partial charge in [-0.05, 0) is 41.3 Å². The van der Waals surface area contributed by atoms with Gasteiger partial charge in [-0.3, -0.25) is 9.59 Å². The SMILES string of the molecule is O=c1c(NCc2cccc(O)c2)c(Nc2ccc3cc[nH]c3c2)c1=O. The summed E-state index contributed by atoms with van der Waals surface area (Å²) in [5, 5.41) is 16.5. The Bertz CT molecular complexity index is 1140. The van der Waals surface area contributed by atoms with Gasteiger partial charge in [-0.2, -0.15) is 0 Å². The van der Waals surface area contributed by atoms with Crippen molar-refractivity contribution in [2.24, 2.45) is 0 Å². The molecule has 1 heterocycles. The van der Waals surface area contributed by atoms with Gasteiger partial charge in [0.25, 0.3) is 10.9 Å². The van der Waals surface area contributed by atoms with Gasteiger partial charge in [0.15, 0.2) is 0 Å². The van der Waals surface area contributed by atoms with Gasteiger partial charge in [-0.25, -0.2) is 0 Å². The summed E-state index contributed by atoms with van der Waals surface area (Å²) in [5.74, 6) is 0.155. The van der Waals surface area contributed by atoms with E-state index < -0.39 is 10.9 Å². The molecule has 0 saturated carbocycles. The van der Waals surface area contributed by atoms with Crippen molar-refractivity contribution in [1.82, 2.24) is 4.98 Å². The fraction of sp³-hybridized carbons (Fsp3) is 0.0526. The van der Waals surface area contributed by atoms with Crippen molar-refractivity contribution in [1.29, 1.82) is 0 Å². The van der Waals surface area contributed by atoms with Crippen LogP contribution in [0.25, 0.3) is 10.9 Å². The highest BCUT2D eigenvalue weighted by Crippen LogP contribution is 2.24. The van der Waals surface area contributed by atoms with Gasteiger partial charge in [0.05, 0.1) is 0 Å². The van der Waals surface area contributed by atoms with Crippen molar-refractivity contribution in [3.05, 3.63) is 80.7 Å². The standard InChI is InChI=1S/C19H15N3O3/c23-14-3-1-2-11(8-14)10-21-16-17(19(25)18(16)24)22-13-5-4-12-6-7-20-15(12)9-13/h1-9,20-23H,10H2. The molecule has 0 unspecified atom stereocenters. The highest BCUT2D eigenvalue weighted by molar-refractivity contribution is 5.86. The summed E-state index contributed by atoms with van der Waals surface area (Å²) < 4.78 is 0. The fourth-order valence-electron chi connectivity index (χ4n) is 2.81. The third-order valence-corrected chi connectivity index (χ3v) is 4.11. The Morgan fingerprint density at radius 3 is 2.64 bits per heavy atom. The first-order valence-corrected chi connectivity index (χ1v) is 7.81. The van der Waals surface area contributed by atoms with Crippen LogP contribution in [0.15, 0.2) is 64.3 Å². The van der Waals surface area contributed by atoms with Crippen molar-refractivity contribution < 1.29 is 5.11 Å². The molecule has 0 saturated heterocycles. The summed E-state index contributed by atoms with van der Waals surface area (Å²) >= 11 is 0. The maximum atomic E-state index is 11.9. The molecule has 0 aliphatic rings. The number of benzene rings is 2. The van der Waals surface area contributed by atoms with E-state index in [4.69, 9.17) is 0 Å². The Balaban J connectivity index is 1.55. The lowest BCUT2D eigenvalue weighted by Crippen LogP contribution is -2.36. The van der Waals surface area contributed by atoms with Gasteiger partial charge >= 0.3 is 0 Å². The van der Waals surface area contributed by atoms with Crippen molar-refractivity contribution in [2.75, 3.05) is 10.6 Å². The number of aromatic hydroxyl groups is 1. The minimum absolute atomic E-state index is 0.155. The molecule has 0 bridgehead atoms. The van der Waals surface area contributed by atoms with E-state index in [1.54, 1.807) is 18.2 Å². The quantitative estimate of drug-likeness (QED) is 0.421. The Morgan fingerprint density at radius 1 is 0.960 bits per heavy atom. The number of phenolic OH excluding ortho intramolecular Hbond substituents is 1. The van der Waals surface area contributed by atoms with Crippen molar-refractivity contribution in [2.45, 2.75) is 6.54 Å². The van der Waals surface area contributed by atoms with E-state index >= 15 is 0 Å². The van der Waals surface area contributed by atoms with E-state index in [1.807, 2.05) is 36.5 Å². The number of hydrogen-bond donors (Lipinski definition) is 4. The molecule has 0 aliphatic heterocycles. The van der Waals surface area contributed by atoms with E-state index in [1.165, 1.54) is 0 Å². The molecule has 124 valence electrons. The molecule has 4 aromatic rings. The smallest absolute Gasteiger partial charge is 0.253 e. The van der Waals surface area contributed by atoms with Gasteiger partial charge < -0.3 is 20.7 Å². The number of aromatic nitrogens is 1. The summed E-state index contributed by atoms with van der Waals surface area (Å²) in [6.07, 6.45) is 1.84. The van der Waals surface area contributed by atoms with Crippen LogP contribution in [-0.4, -0.2) is 10.1 Å². The van der Waals surface area contributed by atoms with Crippen LogP contribution in [0.2, 0.25) is 0 Å². The van der Waals surface area contributed by atoms with Crippen molar-refractivity contribution in [3.8, 4) is 5.75 Å². The minimum Gasteiger partial charge on any atom is -0.508 e. The third kappa shape index (κ3) is 2.74. The molecule has 1 aromatic heterocycles. The van der Waals surface area contributed by atoms with E-state index in [2.05, 4.69) is 15.6 Å². The fourth-order valence-corrected chi connectivity index (χ4v) is 2.81. The summed E-state index contributed by atoms with van der Waals surface area (Å²) in [4.78, 5) is 26.9. The average molecular weight is 333 g/mol. The van der Waals surface area contributed by atoms with E-state index in [9.17, 15) is 14.7 Å². The maximum absolute atomic E-state index is 11.9. The predicted octanol–water partition coefficient (Wildman–Crippen LogP) is 2.83. The Morgan fingerprint density at radius 2 is 1.80 bits per heavy atom. The number of anilines is 3. The highest BCUT2D eigenvalue weighted by atomic mass is 16.3. The number of rotatable bonds is 5. The van der Waals surface area contributed by atoms with Crippen LogP contribution in [0.1, 0.15) is 5.56 Å². The number of fused-ring (bicyclic) bond motifs is 1. The summed E-state index contributed by atoms with van der Waals surface area (Å²) in [5.41, 5.74) is 1.93. The average Bonchev–Trinajstić information content (AvgIpc) is 3.08. The second-order valence-electron chi connectivity index (χ2n) is 5.84. The minimum atomic E-state index is -0.538. The van der Waals surface area contributed by atoms with Crippen LogP contribution in [0.5, 0.6) is 5.75 Å². The van der Waals surface area contributed by atoms with Crippen molar-refractivity contribution >= 4 is 28.0 Å². The first-order chi connectivity index (χ1) is 12.1. The topological polar surface area (TPSA) is 94.2 Å². The molecule has 0 fully saturated rings. The Hall–Kier alpha value is -3.54. The first kappa shape index (κ1) is 15.0. The molecule has 4 N–H and O–H groups in total. The van der Waals surface area contributed by atoms with Crippen LogP contribution < -0.4 is 21.5 Å². The van der Waals surface area contributed by atoms with Crippen molar-refractivity contribution in [3.63, 3.8) is 0 Å². The van der Waals surface area contributed by atoms with Crippen LogP contribution in [0.3, 0.4) is 0 Å². The number of aromatic amines is 1. The van der Waals surface area contributed by atoms with Gasteiger partial charge in [-0.15, -0.1) is 0 Å². The first-order valence-electron chi connectivity index (χ1n) is 7.81. The summed E-state index contributed by atoms with van der Waals surface area (Å²) in [6, 6.07) is 14.3. The highest BCUT2D eigenvalue weighted by Gasteiger charge is 2.20. The number of H-pyrrole nitrogens is 1. The molecule has 0 spiro atoms. The van der Waals surface area contributed by atoms with Crippen LogP contribution >= 0.6 is 0 Å². The lowest BCUT2D eigenvalue weighted by atomic mass is 10.1. The monoisotopic (exact) mass is 333 g/mol. The molecule has 6 nitrogen and oxygen atoms in total. The molecule has 0 aliphatic carbocycles. The largest absolute Gasteiger partial charge is 0.508 e. The predicted molar refractivity (Wildman–Crippen MR) is 98.4 cm³/mol. The molecule has 0 radical (unpaired) electrons. The molecule has 4 rings (SSSR count). The van der Waals surface area contributed by atoms with Crippen LogP contribution in [0, 0.1) is 0 Å². The molecular formula is C19H15N3O3. The summed E-state index contributed by atoms with van der Waals surface area (Å²) in [7, 11) is 0. The molecule has 6 heteroatoms.